The van der Waals surface area contributed by atoms with Gasteiger partial charge in [-0.05, 0) is 24.6 Å². The molecule has 1 nitrogen and oxygen atoms in total. The Labute approximate surface area is 88.7 Å². The molecule has 1 aromatic carbocycles. The van der Waals surface area contributed by atoms with Crippen molar-refractivity contribution in [3.8, 4) is 0 Å². The van der Waals surface area contributed by atoms with E-state index in [0.717, 1.165) is 22.0 Å². The zero-order valence-corrected chi connectivity index (χ0v) is 9.45. The van der Waals surface area contributed by atoms with Crippen molar-refractivity contribution in [2.45, 2.75) is 30.4 Å². The first-order valence-electron chi connectivity index (χ1n) is 4.35. The molecule has 0 aliphatic carbocycles. The molecule has 1 rings (SSSR count). The predicted molar refractivity (Wildman–Crippen MR) is 61.5 cm³/mol. The van der Waals surface area contributed by atoms with Crippen molar-refractivity contribution in [1.82, 2.24) is 0 Å². The predicted octanol–water partition coefficient (Wildman–Crippen LogP) is 3.81. The highest BCUT2D eigenvalue weighted by atomic mass is 35.5. The van der Waals surface area contributed by atoms with Gasteiger partial charge in [-0.2, -0.15) is 0 Å². The maximum Gasteiger partial charge on any atom is 0.0543 e. The molecule has 0 aromatic heterocycles. The summed E-state index contributed by atoms with van der Waals surface area (Å²) in [6, 6.07) is 5.60. The third-order valence-corrected chi connectivity index (χ3v) is 3.63. The van der Waals surface area contributed by atoms with E-state index in [-0.39, 0.29) is 0 Å². The molecule has 13 heavy (non-hydrogen) atoms. The molecule has 0 saturated carbocycles. The van der Waals surface area contributed by atoms with E-state index in [9.17, 15) is 0 Å². The molecule has 0 saturated heterocycles. The average molecular weight is 216 g/mol. The van der Waals surface area contributed by atoms with Crippen molar-refractivity contribution < 1.29 is 0 Å². The number of nitrogens with two attached hydrogens (primary N) is 1. The summed E-state index contributed by atoms with van der Waals surface area (Å²) < 4.78 is 0. The lowest BCUT2D eigenvalue weighted by Crippen LogP contribution is -1.93. The summed E-state index contributed by atoms with van der Waals surface area (Å²) in [4.78, 5) is 1.08. The normalized spacial score (nSPS) is 12.8. The molecule has 0 aliphatic heterocycles. The minimum absolute atomic E-state index is 0.583. The van der Waals surface area contributed by atoms with Crippen LogP contribution in [0.4, 0.5) is 5.69 Å². The van der Waals surface area contributed by atoms with Crippen LogP contribution in [0.15, 0.2) is 23.1 Å². The highest BCUT2D eigenvalue weighted by Gasteiger charge is 2.05. The fraction of sp³-hybridized carbons (Fsp3) is 0.400. The standard InChI is InChI=1S/C10H14ClNS/c1-3-7(2)13-10-6-8(12)4-5-9(10)11/h4-7H,3,12H2,1-2H3. The van der Waals surface area contributed by atoms with Crippen molar-refractivity contribution in [2.75, 3.05) is 5.73 Å². The van der Waals surface area contributed by atoms with Gasteiger partial charge in [0.1, 0.15) is 0 Å². The molecule has 0 spiro atoms. The van der Waals surface area contributed by atoms with Crippen molar-refractivity contribution >= 4 is 29.1 Å². The quantitative estimate of drug-likeness (QED) is 0.613. The molecule has 1 atom stereocenters. The number of halogens is 1. The largest absolute Gasteiger partial charge is 0.399 e. The topological polar surface area (TPSA) is 26.0 Å². The Morgan fingerprint density at radius 2 is 2.23 bits per heavy atom. The lowest BCUT2D eigenvalue weighted by atomic mass is 10.3. The number of benzene rings is 1. The van der Waals surface area contributed by atoms with E-state index in [2.05, 4.69) is 13.8 Å². The smallest absolute Gasteiger partial charge is 0.0543 e. The van der Waals surface area contributed by atoms with Crippen molar-refractivity contribution in [1.29, 1.82) is 0 Å². The first-order chi connectivity index (χ1) is 6.13. The van der Waals surface area contributed by atoms with Gasteiger partial charge in [0.25, 0.3) is 0 Å². The van der Waals surface area contributed by atoms with E-state index in [1.54, 1.807) is 11.8 Å². The number of nitrogen functional groups attached to an aromatic ring is 1. The first-order valence-corrected chi connectivity index (χ1v) is 5.61. The fourth-order valence-corrected chi connectivity index (χ4v) is 2.15. The van der Waals surface area contributed by atoms with Gasteiger partial charge in [-0.3, -0.25) is 0 Å². The molecule has 0 fully saturated rings. The zero-order valence-electron chi connectivity index (χ0n) is 7.88. The summed E-state index contributed by atoms with van der Waals surface area (Å²) in [6.45, 7) is 4.35. The molecule has 0 heterocycles. The van der Waals surface area contributed by atoms with Gasteiger partial charge >= 0.3 is 0 Å². The number of hydrogen-bond donors (Lipinski definition) is 1. The van der Waals surface area contributed by atoms with Crippen LogP contribution in [0, 0.1) is 0 Å². The van der Waals surface area contributed by atoms with E-state index in [1.165, 1.54) is 0 Å². The van der Waals surface area contributed by atoms with Crippen LogP contribution >= 0.6 is 23.4 Å². The van der Waals surface area contributed by atoms with E-state index in [4.69, 9.17) is 17.3 Å². The molecule has 2 N–H and O–H groups in total. The third-order valence-electron chi connectivity index (χ3n) is 1.86. The molecule has 0 radical (unpaired) electrons. The number of rotatable bonds is 3. The van der Waals surface area contributed by atoms with Crippen LogP contribution in [0.3, 0.4) is 0 Å². The Morgan fingerprint density at radius 3 is 2.85 bits per heavy atom. The first kappa shape index (κ1) is 10.7. The second kappa shape index (κ2) is 4.77. The average Bonchev–Trinajstić information content (AvgIpc) is 2.11. The monoisotopic (exact) mass is 215 g/mol. The van der Waals surface area contributed by atoms with Crippen LogP contribution in [0.25, 0.3) is 0 Å². The van der Waals surface area contributed by atoms with Crippen molar-refractivity contribution in [3.63, 3.8) is 0 Å². The van der Waals surface area contributed by atoms with E-state index < -0.39 is 0 Å². The van der Waals surface area contributed by atoms with Crippen LogP contribution < -0.4 is 5.73 Å². The second-order valence-corrected chi connectivity index (χ2v) is 4.91. The molecule has 1 aromatic rings. The molecule has 0 bridgehead atoms. The minimum Gasteiger partial charge on any atom is -0.399 e. The maximum atomic E-state index is 6.02. The lowest BCUT2D eigenvalue weighted by molar-refractivity contribution is 0.906. The second-order valence-electron chi connectivity index (χ2n) is 3.03. The molecule has 0 aliphatic rings. The zero-order chi connectivity index (χ0) is 9.84. The van der Waals surface area contributed by atoms with Crippen LogP contribution in [0.5, 0.6) is 0 Å². The van der Waals surface area contributed by atoms with Gasteiger partial charge in [0, 0.05) is 15.8 Å². The Hall–Kier alpha value is -0.340. The Morgan fingerprint density at radius 1 is 1.54 bits per heavy atom. The Bertz CT molecular complexity index is 288. The third kappa shape index (κ3) is 3.12. The Kier molecular flexibility index (Phi) is 3.94. The SMILES string of the molecule is CCC(C)Sc1cc(N)ccc1Cl. The molecule has 1 unspecified atom stereocenters. The van der Waals surface area contributed by atoms with Crippen molar-refractivity contribution in [2.24, 2.45) is 0 Å². The number of anilines is 1. The summed E-state index contributed by atoms with van der Waals surface area (Å²) >= 11 is 7.79. The summed E-state index contributed by atoms with van der Waals surface area (Å²) in [5.41, 5.74) is 6.45. The van der Waals surface area contributed by atoms with Crippen LogP contribution in [0.2, 0.25) is 5.02 Å². The van der Waals surface area contributed by atoms with Gasteiger partial charge in [0.15, 0.2) is 0 Å². The molecule has 3 heteroatoms. The highest BCUT2D eigenvalue weighted by molar-refractivity contribution is 8.00. The maximum absolute atomic E-state index is 6.02. The summed E-state index contributed by atoms with van der Waals surface area (Å²) in [7, 11) is 0. The molecular formula is C10H14ClNS. The summed E-state index contributed by atoms with van der Waals surface area (Å²) in [5, 5.41) is 1.37. The molecular weight excluding hydrogens is 202 g/mol. The van der Waals surface area contributed by atoms with Crippen LogP contribution in [0.1, 0.15) is 20.3 Å². The Balaban J connectivity index is 2.81. The van der Waals surface area contributed by atoms with Crippen LogP contribution in [-0.4, -0.2) is 5.25 Å². The van der Waals surface area contributed by atoms with Crippen LogP contribution in [-0.2, 0) is 0 Å². The van der Waals surface area contributed by atoms with Gasteiger partial charge < -0.3 is 5.73 Å². The van der Waals surface area contributed by atoms with Crippen molar-refractivity contribution in [3.05, 3.63) is 23.2 Å². The number of thioether (sulfide) groups is 1. The lowest BCUT2D eigenvalue weighted by Gasteiger charge is -2.09. The van der Waals surface area contributed by atoms with Gasteiger partial charge in [0.2, 0.25) is 0 Å². The van der Waals surface area contributed by atoms with E-state index >= 15 is 0 Å². The number of hydrogen-bond acceptors (Lipinski definition) is 2. The van der Waals surface area contributed by atoms with Gasteiger partial charge in [-0.25, -0.2) is 0 Å². The van der Waals surface area contributed by atoms with E-state index in [0.29, 0.717) is 5.25 Å². The summed E-state index contributed by atoms with van der Waals surface area (Å²) in [6.07, 6.45) is 1.13. The molecule has 72 valence electrons. The van der Waals surface area contributed by atoms with Gasteiger partial charge in [0.05, 0.1) is 5.02 Å². The van der Waals surface area contributed by atoms with E-state index in [1.807, 2.05) is 18.2 Å². The fourth-order valence-electron chi connectivity index (χ4n) is 0.910. The van der Waals surface area contributed by atoms with Gasteiger partial charge in [-0.15, -0.1) is 11.8 Å². The van der Waals surface area contributed by atoms with Gasteiger partial charge in [-0.1, -0.05) is 25.4 Å². The molecule has 0 amide bonds. The summed E-state index contributed by atoms with van der Waals surface area (Å²) in [5.74, 6) is 0. The minimum atomic E-state index is 0.583. The highest BCUT2D eigenvalue weighted by Crippen LogP contribution is 2.32.